The summed E-state index contributed by atoms with van der Waals surface area (Å²) in [6.45, 7) is 10.5. The maximum absolute atomic E-state index is 6.22. The van der Waals surface area contributed by atoms with Gasteiger partial charge in [0.2, 0.25) is 0 Å². The van der Waals surface area contributed by atoms with Crippen LogP contribution >= 0.6 is 11.9 Å². The second-order valence-electron chi connectivity index (χ2n) is 7.91. The van der Waals surface area contributed by atoms with Gasteiger partial charge in [-0.1, -0.05) is 30.3 Å². The topological polar surface area (TPSA) is 23.4 Å². The highest BCUT2D eigenvalue weighted by molar-refractivity contribution is 7.98. The zero-order chi connectivity index (χ0) is 18.5. The molecule has 0 atom stereocenters. The summed E-state index contributed by atoms with van der Waals surface area (Å²) in [6, 6.07) is 17.0. The molecule has 1 aliphatic rings. The summed E-state index contributed by atoms with van der Waals surface area (Å²) in [7, 11) is -0.326. The van der Waals surface area contributed by atoms with E-state index in [0.29, 0.717) is 0 Å². The highest BCUT2D eigenvalue weighted by Crippen LogP contribution is 2.37. The number of benzene rings is 2. The molecule has 1 aromatic heterocycles. The second-order valence-corrected chi connectivity index (χ2v) is 8.96. The van der Waals surface area contributed by atoms with Gasteiger partial charge >= 0.3 is 7.12 Å². The molecule has 0 aliphatic carbocycles. The molecule has 0 saturated carbocycles. The molecular formula is C21H24BNO2S. The van der Waals surface area contributed by atoms with Gasteiger partial charge in [-0.05, 0) is 75.8 Å². The van der Waals surface area contributed by atoms with E-state index in [0.717, 1.165) is 5.46 Å². The maximum atomic E-state index is 6.22. The Morgan fingerprint density at radius 2 is 1.58 bits per heavy atom. The van der Waals surface area contributed by atoms with Gasteiger partial charge in [-0.15, -0.1) is 0 Å². The molecule has 2 heterocycles. The summed E-state index contributed by atoms with van der Waals surface area (Å²) < 4.78 is 14.7. The van der Waals surface area contributed by atoms with Crippen molar-refractivity contribution in [3.8, 4) is 0 Å². The van der Waals surface area contributed by atoms with Crippen molar-refractivity contribution in [1.29, 1.82) is 0 Å². The molecule has 0 unspecified atom stereocenters. The van der Waals surface area contributed by atoms with Crippen molar-refractivity contribution in [2.45, 2.75) is 50.7 Å². The highest BCUT2D eigenvalue weighted by Gasteiger charge is 2.51. The lowest BCUT2D eigenvalue weighted by Crippen LogP contribution is -2.41. The van der Waals surface area contributed by atoms with Crippen molar-refractivity contribution in [2.75, 3.05) is 0 Å². The molecule has 4 rings (SSSR count). The molecule has 134 valence electrons. The molecule has 0 N–H and O–H groups in total. The molecule has 26 heavy (non-hydrogen) atoms. The Morgan fingerprint density at radius 3 is 2.23 bits per heavy atom. The number of nitrogens with zero attached hydrogens (tertiary/aromatic N) is 1. The number of aromatic nitrogens is 1. The first kappa shape index (κ1) is 17.7. The monoisotopic (exact) mass is 365 g/mol. The SMILES string of the molecule is Cc1cc(B2OC(C)(C)C(C)(C)O2)cc2ccn(Sc3ccccc3)c12. The van der Waals surface area contributed by atoms with Crippen LogP contribution in [0.3, 0.4) is 0 Å². The smallest absolute Gasteiger partial charge is 0.399 e. The Labute approximate surface area is 160 Å². The first-order valence-corrected chi connectivity index (χ1v) is 9.75. The first-order valence-electron chi connectivity index (χ1n) is 8.97. The predicted octanol–water partition coefficient (Wildman–Crippen LogP) is 4.80. The van der Waals surface area contributed by atoms with Crippen LogP contribution in [0.4, 0.5) is 0 Å². The standard InChI is InChI=1S/C21H24BNO2S/c1-15-13-17(22-24-20(2,3)21(4,5)25-22)14-16-11-12-23(19(15)16)26-18-9-7-6-8-10-18/h6-14H,1-5H3. The lowest BCUT2D eigenvalue weighted by atomic mass is 9.78. The lowest BCUT2D eigenvalue weighted by molar-refractivity contribution is 0.00578. The molecular weight excluding hydrogens is 341 g/mol. The van der Waals surface area contributed by atoms with Crippen molar-refractivity contribution in [3.63, 3.8) is 0 Å². The van der Waals surface area contributed by atoms with E-state index in [9.17, 15) is 0 Å². The van der Waals surface area contributed by atoms with Crippen LogP contribution in [-0.4, -0.2) is 22.3 Å². The average molecular weight is 365 g/mol. The molecule has 0 radical (unpaired) electrons. The van der Waals surface area contributed by atoms with Gasteiger partial charge in [-0.25, -0.2) is 0 Å². The Morgan fingerprint density at radius 1 is 0.923 bits per heavy atom. The molecule has 0 spiro atoms. The fourth-order valence-corrected chi connectivity index (χ4v) is 4.24. The summed E-state index contributed by atoms with van der Waals surface area (Å²) in [4.78, 5) is 1.22. The third-order valence-electron chi connectivity index (χ3n) is 5.43. The molecule has 3 nitrogen and oxygen atoms in total. The van der Waals surface area contributed by atoms with E-state index < -0.39 is 0 Å². The van der Waals surface area contributed by atoms with E-state index in [1.54, 1.807) is 11.9 Å². The number of hydrogen-bond acceptors (Lipinski definition) is 3. The fourth-order valence-electron chi connectivity index (χ4n) is 3.27. The summed E-state index contributed by atoms with van der Waals surface area (Å²) in [5.41, 5.74) is 2.89. The van der Waals surface area contributed by atoms with Crippen LogP contribution in [0.25, 0.3) is 10.9 Å². The summed E-state index contributed by atoms with van der Waals surface area (Å²) >= 11 is 1.73. The number of aryl methyl sites for hydroxylation is 1. The summed E-state index contributed by atoms with van der Waals surface area (Å²) in [6.07, 6.45) is 2.13. The minimum Gasteiger partial charge on any atom is -0.399 e. The minimum absolute atomic E-state index is 0.324. The number of rotatable bonds is 3. The van der Waals surface area contributed by atoms with Crippen molar-refractivity contribution < 1.29 is 9.31 Å². The van der Waals surface area contributed by atoms with Crippen LogP contribution in [0.1, 0.15) is 33.3 Å². The Hall–Kier alpha value is -1.69. The van der Waals surface area contributed by atoms with Crippen LogP contribution in [0.2, 0.25) is 0 Å². The van der Waals surface area contributed by atoms with Gasteiger partial charge in [-0.2, -0.15) is 0 Å². The van der Waals surface area contributed by atoms with E-state index in [-0.39, 0.29) is 18.3 Å². The Balaban J connectivity index is 1.69. The van der Waals surface area contributed by atoms with Gasteiger partial charge < -0.3 is 9.31 Å². The molecule has 0 amide bonds. The van der Waals surface area contributed by atoms with Gasteiger partial charge in [0.1, 0.15) is 0 Å². The van der Waals surface area contributed by atoms with Gasteiger partial charge in [-0.3, -0.25) is 3.97 Å². The van der Waals surface area contributed by atoms with Crippen LogP contribution in [0.15, 0.2) is 59.6 Å². The molecule has 1 saturated heterocycles. The molecule has 1 fully saturated rings. The third kappa shape index (κ3) is 2.98. The Kier molecular flexibility index (Phi) is 4.22. The fraction of sp³-hybridized carbons (Fsp3) is 0.333. The normalized spacial score (nSPS) is 18.6. The van der Waals surface area contributed by atoms with Crippen molar-refractivity contribution in [3.05, 3.63) is 60.3 Å². The number of fused-ring (bicyclic) bond motifs is 1. The van der Waals surface area contributed by atoms with Crippen molar-refractivity contribution in [1.82, 2.24) is 3.97 Å². The van der Waals surface area contributed by atoms with Crippen molar-refractivity contribution in [2.24, 2.45) is 0 Å². The second kappa shape index (κ2) is 6.19. The van der Waals surface area contributed by atoms with E-state index in [2.05, 4.69) is 87.3 Å². The lowest BCUT2D eigenvalue weighted by Gasteiger charge is -2.32. The number of hydrogen-bond donors (Lipinski definition) is 0. The largest absolute Gasteiger partial charge is 0.494 e. The van der Waals surface area contributed by atoms with Crippen LogP contribution in [0.5, 0.6) is 0 Å². The minimum atomic E-state index is -0.326. The quantitative estimate of drug-likeness (QED) is 0.623. The zero-order valence-corrected chi connectivity index (χ0v) is 16.8. The van der Waals surface area contributed by atoms with Crippen LogP contribution in [-0.2, 0) is 9.31 Å². The molecule has 1 aliphatic heterocycles. The molecule has 5 heteroatoms. The van der Waals surface area contributed by atoms with E-state index in [1.807, 2.05) is 6.07 Å². The van der Waals surface area contributed by atoms with Gasteiger partial charge in [0.15, 0.2) is 0 Å². The molecule has 0 bridgehead atoms. The average Bonchev–Trinajstić information content (AvgIpc) is 3.07. The van der Waals surface area contributed by atoms with Crippen LogP contribution in [0, 0.1) is 6.92 Å². The van der Waals surface area contributed by atoms with E-state index in [4.69, 9.17) is 9.31 Å². The summed E-state index contributed by atoms with van der Waals surface area (Å²) in [5.74, 6) is 0. The van der Waals surface area contributed by atoms with Gasteiger partial charge in [0.25, 0.3) is 0 Å². The van der Waals surface area contributed by atoms with E-state index >= 15 is 0 Å². The van der Waals surface area contributed by atoms with Gasteiger partial charge in [0, 0.05) is 16.5 Å². The van der Waals surface area contributed by atoms with Gasteiger partial charge in [0.05, 0.1) is 16.7 Å². The molecule has 3 aromatic rings. The van der Waals surface area contributed by atoms with Crippen LogP contribution < -0.4 is 5.46 Å². The third-order valence-corrected chi connectivity index (χ3v) is 6.42. The highest BCUT2D eigenvalue weighted by atomic mass is 32.2. The predicted molar refractivity (Wildman–Crippen MR) is 110 cm³/mol. The molecule has 2 aromatic carbocycles. The van der Waals surface area contributed by atoms with Crippen molar-refractivity contribution >= 4 is 35.4 Å². The Bertz CT molecular complexity index is 933. The summed E-state index contributed by atoms with van der Waals surface area (Å²) in [5, 5.41) is 1.21. The zero-order valence-electron chi connectivity index (χ0n) is 15.9. The maximum Gasteiger partial charge on any atom is 0.494 e. The first-order chi connectivity index (χ1) is 12.3. The van der Waals surface area contributed by atoms with E-state index in [1.165, 1.54) is 21.4 Å².